The highest BCUT2D eigenvalue weighted by atomic mass is 32.2. The van der Waals surface area contributed by atoms with Crippen LogP contribution in [-0.2, 0) is 14.8 Å². The van der Waals surface area contributed by atoms with Gasteiger partial charge >= 0.3 is 0 Å². The highest BCUT2D eigenvalue weighted by Gasteiger charge is 2.19. The van der Waals surface area contributed by atoms with Crippen molar-refractivity contribution in [2.45, 2.75) is 19.9 Å². The molecule has 0 saturated carbocycles. The lowest BCUT2D eigenvalue weighted by molar-refractivity contribution is -0.123. The van der Waals surface area contributed by atoms with E-state index in [2.05, 4.69) is 5.32 Å². The Morgan fingerprint density at radius 1 is 1.29 bits per heavy atom. The van der Waals surface area contributed by atoms with Gasteiger partial charge in [0.1, 0.15) is 5.75 Å². The van der Waals surface area contributed by atoms with Gasteiger partial charge in [0.15, 0.2) is 6.61 Å². The summed E-state index contributed by atoms with van der Waals surface area (Å²) in [5.41, 5.74) is 0. The molecular weight excluding hydrogens is 292 g/mol. The number of sulfonamides is 1. The van der Waals surface area contributed by atoms with E-state index < -0.39 is 10.0 Å². The number of amides is 1. The molecule has 118 valence electrons. The third-order valence-electron chi connectivity index (χ3n) is 2.77. The van der Waals surface area contributed by atoms with Gasteiger partial charge in [0, 0.05) is 19.1 Å². The highest BCUT2D eigenvalue weighted by Crippen LogP contribution is 2.07. The molecule has 1 rings (SSSR count). The molecule has 0 unspecified atom stereocenters. The van der Waals surface area contributed by atoms with Gasteiger partial charge in [-0.2, -0.15) is 4.31 Å². The van der Waals surface area contributed by atoms with Crippen molar-refractivity contribution in [3.05, 3.63) is 30.3 Å². The van der Waals surface area contributed by atoms with E-state index in [9.17, 15) is 13.2 Å². The molecule has 0 aliphatic heterocycles. The summed E-state index contributed by atoms with van der Waals surface area (Å²) >= 11 is 0. The van der Waals surface area contributed by atoms with Crippen LogP contribution in [-0.4, -0.2) is 50.6 Å². The van der Waals surface area contributed by atoms with Gasteiger partial charge in [0.2, 0.25) is 10.0 Å². The number of nitrogens with zero attached hydrogens (tertiary/aromatic N) is 1. The first kappa shape index (κ1) is 17.5. The molecule has 0 saturated heterocycles. The molecule has 0 aliphatic rings. The summed E-state index contributed by atoms with van der Waals surface area (Å²) < 4.78 is 29.7. The normalized spacial score (nSPS) is 11.7. The number of carbonyl (C=O) groups is 1. The minimum absolute atomic E-state index is 0.0927. The quantitative estimate of drug-likeness (QED) is 0.772. The fourth-order valence-electron chi connectivity index (χ4n) is 1.83. The molecule has 6 nitrogen and oxygen atoms in total. The maximum Gasteiger partial charge on any atom is 0.257 e. The first-order valence-corrected chi connectivity index (χ1v) is 8.57. The van der Waals surface area contributed by atoms with E-state index >= 15 is 0 Å². The number of hydrogen-bond acceptors (Lipinski definition) is 4. The molecule has 0 bridgehead atoms. The monoisotopic (exact) mass is 314 g/mol. The molecule has 0 radical (unpaired) electrons. The number of nitrogens with one attached hydrogen (secondary N) is 1. The Morgan fingerprint density at radius 2 is 1.90 bits per heavy atom. The fraction of sp³-hybridized carbons (Fsp3) is 0.500. The summed E-state index contributed by atoms with van der Waals surface area (Å²) in [7, 11) is -3.27. The summed E-state index contributed by atoms with van der Waals surface area (Å²) in [6.07, 6.45) is 1.16. The maximum atomic E-state index is 11.6. The summed E-state index contributed by atoms with van der Waals surface area (Å²) in [6, 6.07) is 8.88. The summed E-state index contributed by atoms with van der Waals surface area (Å²) in [6.45, 7) is 3.99. The van der Waals surface area contributed by atoms with E-state index in [4.69, 9.17) is 4.74 Å². The first-order valence-electron chi connectivity index (χ1n) is 6.72. The van der Waals surface area contributed by atoms with Gasteiger partial charge in [-0.3, -0.25) is 4.79 Å². The molecule has 7 heteroatoms. The van der Waals surface area contributed by atoms with Crippen LogP contribution in [0.4, 0.5) is 0 Å². The van der Waals surface area contributed by atoms with Crippen molar-refractivity contribution in [1.82, 2.24) is 9.62 Å². The molecule has 21 heavy (non-hydrogen) atoms. The standard InChI is InChI=1S/C14H22N2O4S/c1-12(2)16(21(3,18)19)10-9-15-14(17)11-20-13-7-5-4-6-8-13/h4-8,12H,9-11H2,1-3H3,(H,15,17). The van der Waals surface area contributed by atoms with Crippen molar-refractivity contribution < 1.29 is 17.9 Å². The second-order valence-corrected chi connectivity index (χ2v) is 6.85. The van der Waals surface area contributed by atoms with Crippen molar-refractivity contribution in [3.8, 4) is 5.75 Å². The van der Waals surface area contributed by atoms with Crippen molar-refractivity contribution in [1.29, 1.82) is 0 Å². The van der Waals surface area contributed by atoms with Gasteiger partial charge in [-0.1, -0.05) is 18.2 Å². The molecule has 1 N–H and O–H groups in total. The van der Waals surface area contributed by atoms with Gasteiger partial charge in [-0.05, 0) is 26.0 Å². The predicted octanol–water partition coefficient (Wildman–Crippen LogP) is 0.852. The van der Waals surface area contributed by atoms with Gasteiger partial charge < -0.3 is 10.1 Å². The van der Waals surface area contributed by atoms with Crippen LogP contribution in [0.5, 0.6) is 5.75 Å². The van der Waals surface area contributed by atoms with Crippen LogP contribution in [0.25, 0.3) is 0 Å². The molecule has 0 aromatic heterocycles. The zero-order chi connectivity index (χ0) is 15.9. The Bertz CT molecular complexity index is 543. The fourth-order valence-corrected chi connectivity index (χ4v) is 3.02. The third-order valence-corrected chi connectivity index (χ3v) is 4.23. The number of carbonyl (C=O) groups excluding carboxylic acids is 1. The topological polar surface area (TPSA) is 75.7 Å². The Labute approximate surface area is 126 Å². The largest absolute Gasteiger partial charge is 0.484 e. The first-order chi connectivity index (χ1) is 9.80. The minimum Gasteiger partial charge on any atom is -0.484 e. The molecule has 1 aromatic rings. The minimum atomic E-state index is -3.27. The molecule has 0 aliphatic carbocycles. The van der Waals surface area contributed by atoms with Crippen molar-refractivity contribution in [2.24, 2.45) is 0 Å². The van der Waals surface area contributed by atoms with Crippen LogP contribution in [0.3, 0.4) is 0 Å². The van der Waals surface area contributed by atoms with E-state index in [1.54, 1.807) is 26.0 Å². The Balaban J connectivity index is 2.33. The highest BCUT2D eigenvalue weighted by molar-refractivity contribution is 7.88. The molecule has 0 spiro atoms. The lowest BCUT2D eigenvalue weighted by Gasteiger charge is -2.23. The van der Waals surface area contributed by atoms with Crippen LogP contribution >= 0.6 is 0 Å². The molecule has 1 aromatic carbocycles. The van der Waals surface area contributed by atoms with E-state index in [0.29, 0.717) is 5.75 Å². The van der Waals surface area contributed by atoms with Gasteiger partial charge in [0.05, 0.1) is 6.26 Å². The average molecular weight is 314 g/mol. The van der Waals surface area contributed by atoms with Crippen molar-refractivity contribution >= 4 is 15.9 Å². The van der Waals surface area contributed by atoms with Crippen LogP contribution in [0.2, 0.25) is 0 Å². The SMILES string of the molecule is CC(C)N(CCNC(=O)COc1ccccc1)S(C)(=O)=O. The average Bonchev–Trinajstić information content (AvgIpc) is 2.40. The summed E-state index contributed by atoms with van der Waals surface area (Å²) in [4.78, 5) is 11.6. The number of benzene rings is 1. The Hall–Kier alpha value is -1.60. The number of hydrogen-bond donors (Lipinski definition) is 1. The van der Waals surface area contributed by atoms with Gasteiger partial charge in [-0.25, -0.2) is 8.42 Å². The van der Waals surface area contributed by atoms with E-state index in [0.717, 1.165) is 6.26 Å². The lowest BCUT2D eigenvalue weighted by atomic mass is 10.3. The van der Waals surface area contributed by atoms with Gasteiger partial charge in [-0.15, -0.1) is 0 Å². The van der Waals surface area contributed by atoms with Crippen molar-refractivity contribution in [3.63, 3.8) is 0 Å². The Morgan fingerprint density at radius 3 is 2.43 bits per heavy atom. The molecule has 0 atom stereocenters. The molecule has 0 heterocycles. The molecular formula is C14H22N2O4S. The number of para-hydroxylation sites is 1. The van der Waals surface area contributed by atoms with E-state index in [-0.39, 0.29) is 31.6 Å². The van der Waals surface area contributed by atoms with Crippen LogP contribution in [0, 0.1) is 0 Å². The van der Waals surface area contributed by atoms with E-state index in [1.807, 2.05) is 18.2 Å². The smallest absolute Gasteiger partial charge is 0.257 e. The maximum absolute atomic E-state index is 11.6. The third kappa shape index (κ3) is 6.59. The van der Waals surface area contributed by atoms with Crippen LogP contribution < -0.4 is 10.1 Å². The second kappa shape index (κ2) is 7.99. The molecule has 1 amide bonds. The lowest BCUT2D eigenvalue weighted by Crippen LogP contribution is -2.42. The Kier molecular flexibility index (Phi) is 6.64. The number of ether oxygens (including phenoxy) is 1. The molecule has 0 fully saturated rings. The summed E-state index contributed by atoms with van der Waals surface area (Å²) in [5, 5.41) is 2.64. The summed E-state index contributed by atoms with van der Waals surface area (Å²) in [5.74, 6) is 0.337. The van der Waals surface area contributed by atoms with Crippen molar-refractivity contribution in [2.75, 3.05) is 26.0 Å². The van der Waals surface area contributed by atoms with Crippen LogP contribution in [0.1, 0.15) is 13.8 Å². The van der Waals surface area contributed by atoms with Gasteiger partial charge in [0.25, 0.3) is 5.91 Å². The second-order valence-electron chi connectivity index (χ2n) is 4.92. The van der Waals surface area contributed by atoms with E-state index in [1.165, 1.54) is 4.31 Å². The zero-order valence-corrected chi connectivity index (χ0v) is 13.4. The predicted molar refractivity (Wildman–Crippen MR) is 81.6 cm³/mol. The van der Waals surface area contributed by atoms with Crippen LogP contribution in [0.15, 0.2) is 30.3 Å². The number of rotatable bonds is 8. The zero-order valence-electron chi connectivity index (χ0n) is 12.6.